The Labute approximate surface area is 157 Å². The number of anilines is 1. The minimum atomic E-state index is -0.600. The van der Waals surface area contributed by atoms with Crippen molar-refractivity contribution in [3.63, 3.8) is 0 Å². The SMILES string of the molecule is NC(=O)Nc1ccc(CNC(=O)C2(c3ccc(Cl)cc3)CCCC2)cc1. The van der Waals surface area contributed by atoms with E-state index in [0.717, 1.165) is 36.8 Å². The van der Waals surface area contributed by atoms with Gasteiger partial charge in [-0.15, -0.1) is 0 Å². The highest BCUT2D eigenvalue weighted by Gasteiger charge is 2.42. The van der Waals surface area contributed by atoms with Gasteiger partial charge in [-0.05, 0) is 48.2 Å². The monoisotopic (exact) mass is 371 g/mol. The van der Waals surface area contributed by atoms with Crippen LogP contribution in [0.3, 0.4) is 0 Å². The third-order valence-electron chi connectivity index (χ3n) is 4.96. The van der Waals surface area contributed by atoms with E-state index in [1.807, 2.05) is 36.4 Å². The number of rotatable bonds is 5. The lowest BCUT2D eigenvalue weighted by atomic mass is 9.78. The molecule has 5 nitrogen and oxygen atoms in total. The first kappa shape index (κ1) is 18.3. The first-order chi connectivity index (χ1) is 12.5. The molecule has 136 valence electrons. The van der Waals surface area contributed by atoms with Gasteiger partial charge in [0.15, 0.2) is 0 Å². The van der Waals surface area contributed by atoms with Crippen molar-refractivity contribution in [2.24, 2.45) is 5.73 Å². The molecule has 2 aromatic carbocycles. The molecule has 0 saturated heterocycles. The average Bonchev–Trinajstić information content (AvgIpc) is 3.12. The predicted molar refractivity (Wildman–Crippen MR) is 103 cm³/mol. The fraction of sp³-hybridized carbons (Fsp3) is 0.300. The molecule has 26 heavy (non-hydrogen) atoms. The third-order valence-corrected chi connectivity index (χ3v) is 5.22. The minimum Gasteiger partial charge on any atom is -0.351 e. The van der Waals surface area contributed by atoms with E-state index in [4.69, 9.17) is 17.3 Å². The maximum absolute atomic E-state index is 13.0. The standard InChI is InChI=1S/C20H22ClN3O2/c21-16-7-5-15(6-8-16)20(11-1-2-12-20)18(25)23-13-14-3-9-17(10-4-14)24-19(22)26/h3-10H,1-2,11-13H2,(H,23,25)(H3,22,24,26). The van der Waals surface area contributed by atoms with Crippen molar-refractivity contribution >= 4 is 29.2 Å². The van der Waals surface area contributed by atoms with Gasteiger partial charge in [0, 0.05) is 17.3 Å². The first-order valence-corrected chi connectivity index (χ1v) is 9.07. The highest BCUT2D eigenvalue weighted by atomic mass is 35.5. The first-order valence-electron chi connectivity index (χ1n) is 8.69. The second kappa shape index (κ2) is 7.79. The summed E-state index contributed by atoms with van der Waals surface area (Å²) in [6.07, 6.45) is 3.79. The van der Waals surface area contributed by atoms with Gasteiger partial charge in [-0.1, -0.05) is 48.7 Å². The van der Waals surface area contributed by atoms with Crippen molar-refractivity contribution in [3.05, 3.63) is 64.7 Å². The summed E-state index contributed by atoms with van der Waals surface area (Å²) < 4.78 is 0. The summed E-state index contributed by atoms with van der Waals surface area (Å²) in [6.45, 7) is 0.436. The quantitative estimate of drug-likeness (QED) is 0.743. The number of amides is 3. The van der Waals surface area contributed by atoms with E-state index in [1.54, 1.807) is 12.1 Å². The van der Waals surface area contributed by atoms with E-state index in [0.29, 0.717) is 17.3 Å². The molecule has 1 saturated carbocycles. The number of nitrogens with one attached hydrogen (secondary N) is 2. The van der Waals surface area contributed by atoms with Crippen LogP contribution < -0.4 is 16.4 Å². The van der Waals surface area contributed by atoms with Crippen LogP contribution in [0.1, 0.15) is 36.8 Å². The van der Waals surface area contributed by atoms with Crippen LogP contribution in [0, 0.1) is 0 Å². The molecular weight excluding hydrogens is 350 g/mol. The number of urea groups is 1. The average molecular weight is 372 g/mol. The zero-order chi connectivity index (χ0) is 18.6. The molecular formula is C20H22ClN3O2. The number of nitrogens with two attached hydrogens (primary N) is 1. The van der Waals surface area contributed by atoms with E-state index in [1.165, 1.54) is 0 Å². The van der Waals surface area contributed by atoms with Crippen LogP contribution in [0.5, 0.6) is 0 Å². The van der Waals surface area contributed by atoms with E-state index in [-0.39, 0.29) is 5.91 Å². The van der Waals surface area contributed by atoms with Gasteiger partial charge >= 0.3 is 6.03 Å². The molecule has 3 amide bonds. The Kier molecular flexibility index (Phi) is 5.47. The summed E-state index contributed by atoms with van der Waals surface area (Å²) in [7, 11) is 0. The number of hydrogen-bond donors (Lipinski definition) is 3. The Morgan fingerprint density at radius 3 is 2.19 bits per heavy atom. The molecule has 1 fully saturated rings. The maximum atomic E-state index is 13.0. The topological polar surface area (TPSA) is 84.2 Å². The summed E-state index contributed by atoms with van der Waals surface area (Å²) >= 11 is 5.99. The van der Waals surface area contributed by atoms with E-state index in [9.17, 15) is 9.59 Å². The smallest absolute Gasteiger partial charge is 0.316 e. The number of primary amides is 1. The minimum absolute atomic E-state index is 0.0525. The van der Waals surface area contributed by atoms with Crippen molar-refractivity contribution < 1.29 is 9.59 Å². The highest BCUT2D eigenvalue weighted by molar-refractivity contribution is 6.30. The fourth-order valence-electron chi connectivity index (χ4n) is 3.59. The molecule has 0 radical (unpaired) electrons. The summed E-state index contributed by atoms with van der Waals surface area (Å²) in [5, 5.41) is 6.26. The van der Waals surface area contributed by atoms with Crippen molar-refractivity contribution in [2.75, 3.05) is 5.32 Å². The molecule has 3 rings (SSSR count). The van der Waals surface area contributed by atoms with E-state index in [2.05, 4.69) is 10.6 Å². The number of carbonyl (C=O) groups excluding carboxylic acids is 2. The second-order valence-electron chi connectivity index (χ2n) is 6.66. The largest absolute Gasteiger partial charge is 0.351 e. The highest BCUT2D eigenvalue weighted by Crippen LogP contribution is 2.41. The lowest BCUT2D eigenvalue weighted by molar-refractivity contribution is -0.126. The van der Waals surface area contributed by atoms with Crippen LogP contribution >= 0.6 is 11.6 Å². The zero-order valence-electron chi connectivity index (χ0n) is 14.4. The van der Waals surface area contributed by atoms with Crippen LogP contribution in [-0.2, 0) is 16.8 Å². The van der Waals surface area contributed by atoms with Crippen LogP contribution in [0.25, 0.3) is 0 Å². The molecule has 0 unspecified atom stereocenters. The molecule has 0 bridgehead atoms. The number of hydrogen-bond acceptors (Lipinski definition) is 2. The van der Waals surface area contributed by atoms with Crippen molar-refractivity contribution in [3.8, 4) is 0 Å². The van der Waals surface area contributed by atoms with E-state index >= 15 is 0 Å². The third kappa shape index (κ3) is 3.99. The molecule has 0 spiro atoms. The summed E-state index contributed by atoms with van der Waals surface area (Å²) in [5.74, 6) is 0.0525. The summed E-state index contributed by atoms with van der Waals surface area (Å²) in [6, 6.07) is 14.2. The van der Waals surface area contributed by atoms with Crippen molar-refractivity contribution in [1.82, 2.24) is 5.32 Å². The van der Waals surface area contributed by atoms with Crippen LogP contribution in [0.15, 0.2) is 48.5 Å². The Balaban J connectivity index is 1.69. The van der Waals surface area contributed by atoms with Gasteiger partial charge in [0.2, 0.25) is 5.91 Å². The molecule has 4 N–H and O–H groups in total. The van der Waals surface area contributed by atoms with Crippen LogP contribution in [0.2, 0.25) is 5.02 Å². The zero-order valence-corrected chi connectivity index (χ0v) is 15.2. The Morgan fingerprint density at radius 2 is 1.62 bits per heavy atom. The molecule has 1 aliphatic rings. The van der Waals surface area contributed by atoms with Gasteiger partial charge in [-0.25, -0.2) is 4.79 Å². The summed E-state index contributed by atoms with van der Waals surface area (Å²) in [5.41, 5.74) is 7.23. The van der Waals surface area contributed by atoms with Crippen LogP contribution in [0.4, 0.5) is 10.5 Å². The fourth-order valence-corrected chi connectivity index (χ4v) is 3.72. The van der Waals surface area contributed by atoms with Gasteiger partial charge in [-0.3, -0.25) is 4.79 Å². The van der Waals surface area contributed by atoms with Crippen molar-refractivity contribution in [2.45, 2.75) is 37.6 Å². The summed E-state index contributed by atoms with van der Waals surface area (Å²) in [4.78, 5) is 23.9. The molecule has 0 aliphatic heterocycles. The van der Waals surface area contributed by atoms with Gasteiger partial charge in [0.25, 0.3) is 0 Å². The van der Waals surface area contributed by atoms with Gasteiger partial charge in [0.1, 0.15) is 0 Å². The van der Waals surface area contributed by atoms with Gasteiger partial charge < -0.3 is 16.4 Å². The van der Waals surface area contributed by atoms with Crippen LogP contribution in [-0.4, -0.2) is 11.9 Å². The number of benzene rings is 2. The molecule has 0 heterocycles. The maximum Gasteiger partial charge on any atom is 0.316 e. The number of halogens is 1. The lowest BCUT2D eigenvalue weighted by Crippen LogP contribution is -2.42. The second-order valence-corrected chi connectivity index (χ2v) is 7.10. The normalized spacial score (nSPS) is 15.4. The Morgan fingerprint density at radius 1 is 1.00 bits per heavy atom. The van der Waals surface area contributed by atoms with Gasteiger partial charge in [-0.2, -0.15) is 0 Å². The molecule has 0 aromatic heterocycles. The van der Waals surface area contributed by atoms with E-state index < -0.39 is 11.4 Å². The Bertz CT molecular complexity index is 782. The van der Waals surface area contributed by atoms with Crippen molar-refractivity contribution in [1.29, 1.82) is 0 Å². The molecule has 2 aromatic rings. The lowest BCUT2D eigenvalue weighted by Gasteiger charge is -2.28. The number of carbonyl (C=O) groups is 2. The predicted octanol–water partition coefficient (Wildman–Crippen LogP) is 3.96. The molecule has 1 aliphatic carbocycles. The molecule has 0 atom stereocenters. The molecule has 6 heteroatoms. The van der Waals surface area contributed by atoms with Gasteiger partial charge in [0.05, 0.1) is 5.41 Å². The Hall–Kier alpha value is -2.53.